The molecule has 2 aromatic carbocycles. The van der Waals surface area contributed by atoms with E-state index >= 15 is 0 Å². The highest BCUT2D eigenvalue weighted by Gasteiger charge is 2.21. The standard InChI is InChI=1S/C23H31N3O/c1-3-20-11-8-12-21(4-2)23(20)24-17-22(27)26-15-13-25(14-16-26)18-19-9-6-5-7-10-19/h5-12,24H,3-4,13-18H2,1-2H3. The van der Waals surface area contributed by atoms with Crippen molar-refractivity contribution in [1.29, 1.82) is 0 Å². The molecule has 0 unspecified atom stereocenters. The van der Waals surface area contributed by atoms with Crippen molar-refractivity contribution in [3.63, 3.8) is 0 Å². The van der Waals surface area contributed by atoms with Gasteiger partial charge in [0.25, 0.3) is 0 Å². The maximum absolute atomic E-state index is 12.7. The van der Waals surface area contributed by atoms with Crippen LogP contribution in [0.2, 0.25) is 0 Å². The Balaban J connectivity index is 1.50. The molecule has 0 saturated carbocycles. The van der Waals surface area contributed by atoms with E-state index in [4.69, 9.17) is 0 Å². The molecule has 0 radical (unpaired) electrons. The van der Waals surface area contributed by atoms with Gasteiger partial charge in [0, 0.05) is 38.4 Å². The van der Waals surface area contributed by atoms with Gasteiger partial charge in [-0.15, -0.1) is 0 Å². The minimum absolute atomic E-state index is 0.197. The molecule has 4 heteroatoms. The summed E-state index contributed by atoms with van der Waals surface area (Å²) in [5, 5.41) is 3.43. The highest BCUT2D eigenvalue weighted by atomic mass is 16.2. The number of aryl methyl sites for hydroxylation is 2. The molecule has 0 spiro atoms. The van der Waals surface area contributed by atoms with E-state index in [9.17, 15) is 4.79 Å². The van der Waals surface area contributed by atoms with Crippen LogP contribution in [0.1, 0.15) is 30.5 Å². The molecule has 1 saturated heterocycles. The molecule has 1 amide bonds. The van der Waals surface area contributed by atoms with E-state index in [1.807, 2.05) is 11.0 Å². The second-order valence-corrected chi connectivity index (χ2v) is 7.15. The fourth-order valence-electron chi connectivity index (χ4n) is 3.74. The summed E-state index contributed by atoms with van der Waals surface area (Å²) in [6, 6.07) is 16.9. The molecule has 1 aliphatic rings. The van der Waals surface area contributed by atoms with E-state index in [2.05, 4.69) is 66.5 Å². The molecule has 1 heterocycles. The molecule has 0 aliphatic carbocycles. The molecule has 144 valence electrons. The van der Waals surface area contributed by atoms with Gasteiger partial charge in [-0.25, -0.2) is 0 Å². The van der Waals surface area contributed by atoms with Gasteiger partial charge >= 0.3 is 0 Å². The first-order valence-corrected chi connectivity index (χ1v) is 10.1. The van der Waals surface area contributed by atoms with Crippen molar-refractivity contribution in [3.05, 3.63) is 65.2 Å². The SMILES string of the molecule is CCc1cccc(CC)c1NCC(=O)N1CCN(Cc2ccccc2)CC1. The van der Waals surface area contributed by atoms with Crippen molar-refractivity contribution in [2.45, 2.75) is 33.2 Å². The van der Waals surface area contributed by atoms with Crippen molar-refractivity contribution in [2.75, 3.05) is 38.0 Å². The average molecular weight is 366 g/mol. The molecule has 0 bridgehead atoms. The van der Waals surface area contributed by atoms with Crippen molar-refractivity contribution in [1.82, 2.24) is 9.80 Å². The lowest BCUT2D eigenvalue weighted by Gasteiger charge is -2.35. The highest BCUT2D eigenvalue weighted by molar-refractivity contribution is 5.81. The Morgan fingerprint density at radius 2 is 1.52 bits per heavy atom. The number of anilines is 1. The zero-order valence-corrected chi connectivity index (χ0v) is 16.6. The Labute approximate surface area is 163 Å². The number of hydrogen-bond donors (Lipinski definition) is 1. The second kappa shape index (κ2) is 9.56. The van der Waals surface area contributed by atoms with Gasteiger partial charge in [0.2, 0.25) is 5.91 Å². The maximum Gasteiger partial charge on any atom is 0.241 e. The number of carbonyl (C=O) groups is 1. The summed E-state index contributed by atoms with van der Waals surface area (Å²) in [7, 11) is 0. The van der Waals surface area contributed by atoms with Crippen molar-refractivity contribution in [3.8, 4) is 0 Å². The van der Waals surface area contributed by atoms with E-state index in [0.717, 1.165) is 51.3 Å². The summed E-state index contributed by atoms with van der Waals surface area (Å²) >= 11 is 0. The van der Waals surface area contributed by atoms with Gasteiger partial charge < -0.3 is 10.2 Å². The van der Waals surface area contributed by atoms with Crippen LogP contribution in [0.4, 0.5) is 5.69 Å². The summed E-state index contributed by atoms with van der Waals surface area (Å²) in [5.74, 6) is 0.197. The highest BCUT2D eigenvalue weighted by Crippen LogP contribution is 2.22. The van der Waals surface area contributed by atoms with Crippen LogP contribution in [0.25, 0.3) is 0 Å². The molecule has 0 atom stereocenters. The molecule has 0 aromatic heterocycles. The lowest BCUT2D eigenvalue weighted by Crippen LogP contribution is -2.49. The van der Waals surface area contributed by atoms with Gasteiger partial charge in [0.1, 0.15) is 0 Å². The van der Waals surface area contributed by atoms with Crippen LogP contribution in [0.15, 0.2) is 48.5 Å². The van der Waals surface area contributed by atoms with Gasteiger partial charge in [-0.05, 0) is 29.5 Å². The van der Waals surface area contributed by atoms with E-state index in [1.165, 1.54) is 16.7 Å². The first-order valence-electron chi connectivity index (χ1n) is 10.1. The van der Waals surface area contributed by atoms with Crippen molar-refractivity contribution < 1.29 is 4.79 Å². The van der Waals surface area contributed by atoms with Gasteiger partial charge in [-0.3, -0.25) is 9.69 Å². The van der Waals surface area contributed by atoms with Crippen LogP contribution in [0, 0.1) is 0 Å². The van der Waals surface area contributed by atoms with E-state index in [1.54, 1.807) is 0 Å². The maximum atomic E-state index is 12.7. The number of carbonyl (C=O) groups excluding carboxylic acids is 1. The van der Waals surface area contributed by atoms with E-state index in [0.29, 0.717) is 6.54 Å². The number of hydrogen-bond acceptors (Lipinski definition) is 3. The Hall–Kier alpha value is -2.33. The lowest BCUT2D eigenvalue weighted by molar-refractivity contribution is -0.131. The van der Waals surface area contributed by atoms with Crippen LogP contribution >= 0.6 is 0 Å². The van der Waals surface area contributed by atoms with Crippen LogP contribution in [-0.4, -0.2) is 48.4 Å². The summed E-state index contributed by atoms with van der Waals surface area (Å²) in [4.78, 5) is 17.1. The van der Waals surface area contributed by atoms with E-state index in [-0.39, 0.29) is 5.91 Å². The normalized spacial score (nSPS) is 15.0. The minimum atomic E-state index is 0.197. The summed E-state index contributed by atoms with van der Waals surface area (Å²) in [6.45, 7) is 9.15. The largest absolute Gasteiger partial charge is 0.376 e. The number of rotatable bonds is 7. The number of nitrogens with one attached hydrogen (secondary N) is 1. The molecular formula is C23H31N3O. The van der Waals surface area contributed by atoms with Crippen molar-refractivity contribution >= 4 is 11.6 Å². The van der Waals surface area contributed by atoms with Crippen LogP contribution in [0.3, 0.4) is 0 Å². The molecular weight excluding hydrogens is 334 g/mol. The number of para-hydroxylation sites is 1. The molecule has 1 N–H and O–H groups in total. The smallest absolute Gasteiger partial charge is 0.241 e. The van der Waals surface area contributed by atoms with Gasteiger partial charge in [-0.1, -0.05) is 62.4 Å². The quantitative estimate of drug-likeness (QED) is 0.815. The topological polar surface area (TPSA) is 35.6 Å². The first-order chi connectivity index (χ1) is 13.2. The number of benzene rings is 2. The third kappa shape index (κ3) is 5.10. The zero-order valence-electron chi connectivity index (χ0n) is 16.6. The number of piperazine rings is 1. The monoisotopic (exact) mass is 365 g/mol. The predicted molar refractivity (Wildman–Crippen MR) is 112 cm³/mol. The third-order valence-electron chi connectivity index (χ3n) is 5.39. The number of nitrogens with zero attached hydrogens (tertiary/aromatic N) is 2. The molecule has 2 aromatic rings. The third-order valence-corrected chi connectivity index (χ3v) is 5.39. The minimum Gasteiger partial charge on any atom is -0.376 e. The van der Waals surface area contributed by atoms with Crippen LogP contribution < -0.4 is 5.32 Å². The van der Waals surface area contributed by atoms with Gasteiger partial charge in [0.05, 0.1) is 6.54 Å². The second-order valence-electron chi connectivity index (χ2n) is 7.15. The molecule has 1 fully saturated rings. The lowest BCUT2D eigenvalue weighted by atomic mass is 10.0. The Kier molecular flexibility index (Phi) is 6.88. The van der Waals surface area contributed by atoms with Crippen molar-refractivity contribution in [2.24, 2.45) is 0 Å². The first kappa shape index (κ1) is 19.4. The summed E-state index contributed by atoms with van der Waals surface area (Å²) in [6.07, 6.45) is 1.95. The zero-order chi connectivity index (χ0) is 19.1. The molecule has 1 aliphatic heterocycles. The Morgan fingerprint density at radius 3 is 2.11 bits per heavy atom. The van der Waals surface area contributed by atoms with Gasteiger partial charge in [-0.2, -0.15) is 0 Å². The summed E-state index contributed by atoms with van der Waals surface area (Å²) < 4.78 is 0. The fourth-order valence-corrected chi connectivity index (χ4v) is 3.74. The predicted octanol–water partition coefficient (Wildman–Crippen LogP) is 3.57. The van der Waals surface area contributed by atoms with E-state index < -0.39 is 0 Å². The molecule has 27 heavy (non-hydrogen) atoms. The number of amides is 1. The average Bonchev–Trinajstić information content (AvgIpc) is 2.73. The van der Waals surface area contributed by atoms with Gasteiger partial charge in [0.15, 0.2) is 0 Å². The van der Waals surface area contributed by atoms with Crippen LogP contribution in [-0.2, 0) is 24.2 Å². The Morgan fingerprint density at radius 1 is 0.889 bits per heavy atom. The van der Waals surface area contributed by atoms with Crippen LogP contribution in [0.5, 0.6) is 0 Å². The molecule has 4 nitrogen and oxygen atoms in total. The Bertz CT molecular complexity index is 714. The fraction of sp³-hybridized carbons (Fsp3) is 0.435. The molecule has 3 rings (SSSR count). The summed E-state index contributed by atoms with van der Waals surface area (Å²) in [5.41, 5.74) is 5.06.